The fourth-order valence-electron chi connectivity index (χ4n) is 2.64. The molecule has 136 valence electrons. The molecular formula is C16H25F3N4S. The molecule has 1 fully saturated rings. The van der Waals surface area contributed by atoms with Crippen LogP contribution in [0.5, 0.6) is 0 Å². The summed E-state index contributed by atoms with van der Waals surface area (Å²) in [5, 5.41) is 6.61. The van der Waals surface area contributed by atoms with Crippen molar-refractivity contribution in [3.05, 3.63) is 17.5 Å². The van der Waals surface area contributed by atoms with Crippen molar-refractivity contribution in [2.24, 2.45) is 4.99 Å². The zero-order valence-electron chi connectivity index (χ0n) is 14.0. The SMILES string of the molecule is CCNC(=NCCCCC(F)(F)F)N1CCN(c2cccs2)CC1. The van der Waals surface area contributed by atoms with Crippen LogP contribution in [0.2, 0.25) is 0 Å². The highest BCUT2D eigenvalue weighted by Gasteiger charge is 2.25. The van der Waals surface area contributed by atoms with Crippen molar-refractivity contribution in [3.63, 3.8) is 0 Å². The van der Waals surface area contributed by atoms with Gasteiger partial charge < -0.3 is 15.1 Å². The Hall–Kier alpha value is -1.44. The van der Waals surface area contributed by atoms with Crippen LogP contribution in [0, 0.1) is 0 Å². The Morgan fingerprint density at radius 1 is 1.25 bits per heavy atom. The molecule has 0 radical (unpaired) electrons. The van der Waals surface area contributed by atoms with Crippen molar-refractivity contribution in [1.29, 1.82) is 0 Å². The number of hydrogen-bond donors (Lipinski definition) is 1. The number of rotatable bonds is 6. The average molecular weight is 362 g/mol. The molecule has 1 aliphatic rings. The molecule has 1 aromatic heterocycles. The zero-order chi connectivity index (χ0) is 17.4. The van der Waals surface area contributed by atoms with E-state index in [1.165, 1.54) is 5.00 Å². The van der Waals surface area contributed by atoms with E-state index >= 15 is 0 Å². The van der Waals surface area contributed by atoms with E-state index in [-0.39, 0.29) is 6.42 Å². The van der Waals surface area contributed by atoms with Crippen LogP contribution in [0.1, 0.15) is 26.2 Å². The molecule has 1 saturated heterocycles. The maximum atomic E-state index is 12.1. The second-order valence-corrected chi connectivity index (χ2v) is 6.66. The number of piperazine rings is 1. The lowest BCUT2D eigenvalue weighted by molar-refractivity contribution is -0.135. The number of hydrogen-bond acceptors (Lipinski definition) is 3. The summed E-state index contributed by atoms with van der Waals surface area (Å²) in [7, 11) is 0. The smallest absolute Gasteiger partial charge is 0.360 e. The third-order valence-electron chi connectivity index (χ3n) is 3.86. The maximum absolute atomic E-state index is 12.1. The number of thiophene rings is 1. The van der Waals surface area contributed by atoms with Crippen molar-refractivity contribution >= 4 is 22.3 Å². The highest BCUT2D eigenvalue weighted by atomic mass is 32.1. The third-order valence-corrected chi connectivity index (χ3v) is 4.79. The maximum Gasteiger partial charge on any atom is 0.389 e. The van der Waals surface area contributed by atoms with E-state index < -0.39 is 12.6 Å². The van der Waals surface area contributed by atoms with Gasteiger partial charge in [0.05, 0.1) is 5.00 Å². The van der Waals surface area contributed by atoms with Gasteiger partial charge in [-0.15, -0.1) is 11.3 Å². The van der Waals surface area contributed by atoms with Gasteiger partial charge in [0.15, 0.2) is 5.96 Å². The molecular weight excluding hydrogens is 337 g/mol. The summed E-state index contributed by atoms with van der Waals surface area (Å²) in [5.74, 6) is 0.815. The Balaban J connectivity index is 1.79. The normalized spacial score (nSPS) is 16.6. The Morgan fingerprint density at radius 2 is 2.00 bits per heavy atom. The van der Waals surface area contributed by atoms with Crippen molar-refractivity contribution in [2.45, 2.75) is 32.4 Å². The molecule has 0 amide bonds. The minimum atomic E-state index is -4.06. The van der Waals surface area contributed by atoms with Crippen LogP contribution < -0.4 is 10.2 Å². The van der Waals surface area contributed by atoms with E-state index in [2.05, 4.69) is 37.6 Å². The monoisotopic (exact) mass is 362 g/mol. The number of aliphatic imine (C=N–C) groups is 1. The molecule has 24 heavy (non-hydrogen) atoms. The largest absolute Gasteiger partial charge is 0.389 e. The standard InChI is InChI=1S/C16H25F3N4S/c1-2-20-15(21-8-4-3-7-16(17,18)19)23-11-9-22(10-12-23)14-6-5-13-24-14/h5-6,13H,2-4,7-12H2,1H3,(H,20,21). The summed E-state index contributed by atoms with van der Waals surface area (Å²) >= 11 is 1.74. The van der Waals surface area contributed by atoms with Gasteiger partial charge in [-0.2, -0.15) is 13.2 Å². The van der Waals surface area contributed by atoms with E-state index in [4.69, 9.17) is 0 Å². The number of alkyl halides is 3. The number of anilines is 1. The van der Waals surface area contributed by atoms with E-state index in [0.717, 1.165) is 38.7 Å². The Labute approximate surface area is 145 Å². The molecule has 0 bridgehead atoms. The molecule has 0 saturated carbocycles. The number of halogens is 3. The third kappa shape index (κ3) is 6.22. The summed E-state index contributed by atoms with van der Waals surface area (Å²) in [6, 6.07) is 4.18. The van der Waals surface area contributed by atoms with Gasteiger partial charge in [-0.1, -0.05) is 0 Å². The van der Waals surface area contributed by atoms with Crippen LogP contribution in [0.15, 0.2) is 22.5 Å². The highest BCUT2D eigenvalue weighted by Crippen LogP contribution is 2.23. The lowest BCUT2D eigenvalue weighted by Gasteiger charge is -2.37. The van der Waals surface area contributed by atoms with Gasteiger partial charge in [-0.05, 0) is 37.3 Å². The molecule has 0 spiro atoms. The molecule has 2 heterocycles. The number of nitrogens with one attached hydrogen (secondary N) is 1. The van der Waals surface area contributed by atoms with Crippen LogP contribution in [0.25, 0.3) is 0 Å². The Bertz CT molecular complexity index is 494. The first kappa shape index (κ1) is 18.9. The molecule has 2 rings (SSSR count). The Kier molecular flexibility index (Phi) is 7.20. The van der Waals surface area contributed by atoms with Gasteiger partial charge in [-0.3, -0.25) is 4.99 Å². The van der Waals surface area contributed by atoms with E-state index in [1.54, 1.807) is 11.3 Å². The average Bonchev–Trinajstić information content (AvgIpc) is 3.07. The lowest BCUT2D eigenvalue weighted by atomic mass is 10.2. The zero-order valence-corrected chi connectivity index (χ0v) is 14.8. The molecule has 1 aliphatic heterocycles. The molecule has 1 aromatic rings. The van der Waals surface area contributed by atoms with Crippen LogP contribution in [-0.4, -0.2) is 56.3 Å². The fourth-order valence-corrected chi connectivity index (χ4v) is 3.42. The molecule has 4 nitrogen and oxygen atoms in total. The molecule has 0 aliphatic carbocycles. The number of unbranched alkanes of at least 4 members (excludes halogenated alkanes) is 1. The number of guanidine groups is 1. The second-order valence-electron chi connectivity index (χ2n) is 5.73. The number of nitrogens with zero attached hydrogens (tertiary/aromatic N) is 3. The topological polar surface area (TPSA) is 30.9 Å². The molecule has 0 atom stereocenters. The minimum absolute atomic E-state index is 0.137. The summed E-state index contributed by atoms with van der Waals surface area (Å²) in [4.78, 5) is 9.04. The van der Waals surface area contributed by atoms with Crippen molar-refractivity contribution in [1.82, 2.24) is 10.2 Å². The van der Waals surface area contributed by atoms with Gasteiger partial charge in [0.2, 0.25) is 0 Å². The summed E-state index contributed by atoms with van der Waals surface area (Å²) < 4.78 is 36.4. The first-order valence-electron chi connectivity index (χ1n) is 8.38. The summed E-state index contributed by atoms with van der Waals surface area (Å²) in [6.07, 6.45) is -4.19. The van der Waals surface area contributed by atoms with Crippen molar-refractivity contribution in [3.8, 4) is 0 Å². The minimum Gasteiger partial charge on any atom is -0.360 e. The predicted molar refractivity (Wildman–Crippen MR) is 94.0 cm³/mol. The first-order chi connectivity index (χ1) is 11.5. The fraction of sp³-hybridized carbons (Fsp3) is 0.688. The molecule has 0 aromatic carbocycles. The van der Waals surface area contributed by atoms with Gasteiger partial charge in [0.1, 0.15) is 0 Å². The first-order valence-corrected chi connectivity index (χ1v) is 9.26. The van der Waals surface area contributed by atoms with Crippen LogP contribution in [-0.2, 0) is 0 Å². The van der Waals surface area contributed by atoms with Crippen LogP contribution >= 0.6 is 11.3 Å². The van der Waals surface area contributed by atoms with Crippen molar-refractivity contribution < 1.29 is 13.2 Å². The van der Waals surface area contributed by atoms with E-state index in [0.29, 0.717) is 13.0 Å². The van der Waals surface area contributed by atoms with Crippen LogP contribution in [0.3, 0.4) is 0 Å². The Morgan fingerprint density at radius 3 is 2.58 bits per heavy atom. The van der Waals surface area contributed by atoms with Crippen molar-refractivity contribution in [2.75, 3.05) is 44.2 Å². The van der Waals surface area contributed by atoms with Gasteiger partial charge >= 0.3 is 6.18 Å². The second kappa shape index (κ2) is 9.15. The van der Waals surface area contributed by atoms with Gasteiger partial charge in [-0.25, -0.2) is 0 Å². The van der Waals surface area contributed by atoms with E-state index in [9.17, 15) is 13.2 Å². The summed E-state index contributed by atoms with van der Waals surface area (Å²) in [6.45, 7) is 6.79. The lowest BCUT2D eigenvalue weighted by Crippen LogP contribution is -2.52. The quantitative estimate of drug-likeness (QED) is 0.477. The van der Waals surface area contributed by atoms with Gasteiger partial charge in [0.25, 0.3) is 0 Å². The predicted octanol–water partition coefficient (Wildman–Crippen LogP) is 3.57. The van der Waals surface area contributed by atoms with Gasteiger partial charge in [0, 0.05) is 45.7 Å². The van der Waals surface area contributed by atoms with E-state index in [1.807, 2.05) is 6.92 Å². The molecule has 0 unspecified atom stereocenters. The van der Waals surface area contributed by atoms with Crippen LogP contribution in [0.4, 0.5) is 18.2 Å². The molecule has 8 heteroatoms. The molecule has 1 N–H and O–H groups in total. The summed E-state index contributed by atoms with van der Waals surface area (Å²) in [5.41, 5.74) is 0. The highest BCUT2D eigenvalue weighted by molar-refractivity contribution is 7.14.